The third kappa shape index (κ3) is 2.66. The Labute approximate surface area is 119 Å². The van der Waals surface area contributed by atoms with Gasteiger partial charge in [0.25, 0.3) is 11.8 Å². The number of halogens is 2. The molecule has 2 N–H and O–H groups in total. The predicted molar refractivity (Wildman–Crippen MR) is 75.5 cm³/mol. The average molecular weight is 335 g/mol. The summed E-state index contributed by atoms with van der Waals surface area (Å²) < 4.78 is 11.1. The Morgan fingerprint density at radius 3 is 2.33 bits per heavy atom. The molecule has 0 aliphatic carbocycles. The average Bonchev–Trinajstić information content (AvgIpc) is 2.35. The van der Waals surface area contributed by atoms with Gasteiger partial charge in [0.1, 0.15) is 0 Å². The van der Waals surface area contributed by atoms with Gasteiger partial charge in [-0.3, -0.25) is 0 Å². The Morgan fingerprint density at radius 1 is 1.17 bits per heavy atom. The van der Waals surface area contributed by atoms with E-state index in [-0.39, 0.29) is 12.4 Å². The fourth-order valence-corrected chi connectivity index (χ4v) is 2.08. The first-order chi connectivity index (χ1) is 8.19. The lowest BCUT2D eigenvalue weighted by atomic mass is 10.2. The van der Waals surface area contributed by atoms with E-state index in [0.717, 1.165) is 21.1 Å². The number of rotatable bonds is 3. The number of fused-ring (bicyclic) bond motifs is 1. The lowest BCUT2D eigenvalue weighted by molar-refractivity contribution is 0.334. The largest absolute Gasteiger partial charge is 0.477 e. The molecule has 1 heterocycles. The van der Waals surface area contributed by atoms with Crippen LogP contribution in [0.25, 0.3) is 11.0 Å². The molecule has 98 valence electrons. The molecule has 7 heteroatoms. The van der Waals surface area contributed by atoms with E-state index in [1.54, 1.807) is 0 Å². The van der Waals surface area contributed by atoms with E-state index < -0.39 is 0 Å². The van der Waals surface area contributed by atoms with Gasteiger partial charge in [-0.05, 0) is 17.7 Å². The highest BCUT2D eigenvalue weighted by Gasteiger charge is 2.12. The van der Waals surface area contributed by atoms with Gasteiger partial charge in [-0.15, -0.1) is 12.4 Å². The first-order valence-electron chi connectivity index (χ1n) is 4.97. The smallest absolute Gasteiger partial charge is 0.278 e. The molecule has 0 atom stereocenters. The van der Waals surface area contributed by atoms with Crippen molar-refractivity contribution in [2.24, 2.45) is 5.73 Å². The molecule has 18 heavy (non-hydrogen) atoms. The van der Waals surface area contributed by atoms with Gasteiger partial charge < -0.3 is 15.2 Å². The van der Waals surface area contributed by atoms with Crippen molar-refractivity contribution in [3.8, 4) is 11.8 Å². The summed E-state index contributed by atoms with van der Waals surface area (Å²) in [5.41, 5.74) is 8.04. The van der Waals surface area contributed by atoms with Crippen LogP contribution in [0, 0.1) is 0 Å². The van der Waals surface area contributed by atoms with Crippen LogP contribution in [0.15, 0.2) is 16.6 Å². The number of hydrogen-bond donors (Lipinski definition) is 1. The molecule has 0 saturated heterocycles. The molecule has 0 saturated carbocycles. The van der Waals surface area contributed by atoms with Crippen LogP contribution in [-0.4, -0.2) is 24.2 Å². The Kier molecular flexibility index (Phi) is 5.13. The zero-order chi connectivity index (χ0) is 12.4. The van der Waals surface area contributed by atoms with E-state index in [2.05, 4.69) is 25.9 Å². The molecule has 2 aromatic rings. The number of methoxy groups -OCH3 is 2. The van der Waals surface area contributed by atoms with Gasteiger partial charge in [0, 0.05) is 11.0 Å². The molecule has 1 aromatic heterocycles. The van der Waals surface area contributed by atoms with Crippen molar-refractivity contribution in [3.63, 3.8) is 0 Å². The zero-order valence-electron chi connectivity index (χ0n) is 9.94. The summed E-state index contributed by atoms with van der Waals surface area (Å²) >= 11 is 3.41. The summed E-state index contributed by atoms with van der Waals surface area (Å²) in [6.07, 6.45) is 0. The molecule has 0 radical (unpaired) electrons. The van der Waals surface area contributed by atoms with Crippen molar-refractivity contribution in [1.29, 1.82) is 0 Å². The van der Waals surface area contributed by atoms with Crippen molar-refractivity contribution in [2.45, 2.75) is 6.54 Å². The summed E-state index contributed by atoms with van der Waals surface area (Å²) in [6, 6.07) is 3.78. The van der Waals surface area contributed by atoms with Gasteiger partial charge >= 0.3 is 0 Å². The predicted octanol–water partition coefficient (Wildman–Crippen LogP) is 2.29. The number of ether oxygens (including phenoxy) is 2. The number of nitrogens with two attached hydrogens (primary N) is 1. The van der Waals surface area contributed by atoms with Gasteiger partial charge in [-0.1, -0.05) is 15.9 Å². The van der Waals surface area contributed by atoms with Crippen molar-refractivity contribution in [2.75, 3.05) is 14.2 Å². The van der Waals surface area contributed by atoms with E-state index in [1.807, 2.05) is 12.1 Å². The minimum Gasteiger partial charge on any atom is -0.477 e. The minimum absolute atomic E-state index is 0. The molecule has 2 rings (SSSR count). The van der Waals surface area contributed by atoms with Crippen LogP contribution >= 0.6 is 28.3 Å². The van der Waals surface area contributed by atoms with Gasteiger partial charge in [0.15, 0.2) is 0 Å². The summed E-state index contributed by atoms with van der Waals surface area (Å²) in [4.78, 5) is 8.70. The topological polar surface area (TPSA) is 70.3 Å². The maximum atomic E-state index is 5.69. The Bertz CT molecular complexity index is 565. The SMILES string of the molecule is COc1nc2cc(Br)cc(CN)c2nc1OC.Cl. The van der Waals surface area contributed by atoms with E-state index in [1.165, 1.54) is 14.2 Å². The molecule has 0 unspecified atom stereocenters. The van der Waals surface area contributed by atoms with Gasteiger partial charge in [-0.25, -0.2) is 9.97 Å². The normalized spacial score (nSPS) is 10.0. The van der Waals surface area contributed by atoms with Gasteiger partial charge in [0.2, 0.25) is 0 Å². The van der Waals surface area contributed by atoms with Crippen molar-refractivity contribution in [1.82, 2.24) is 9.97 Å². The number of aromatic nitrogens is 2. The lowest BCUT2D eigenvalue weighted by Crippen LogP contribution is -2.02. The second kappa shape index (κ2) is 6.17. The second-order valence-corrected chi connectivity index (χ2v) is 4.29. The third-order valence-corrected chi connectivity index (χ3v) is 2.82. The molecule has 0 bridgehead atoms. The van der Waals surface area contributed by atoms with Crippen LogP contribution in [0.3, 0.4) is 0 Å². The fourth-order valence-electron chi connectivity index (χ4n) is 1.58. The number of benzene rings is 1. The quantitative estimate of drug-likeness (QED) is 0.932. The molecule has 0 aliphatic rings. The summed E-state index contributed by atoms with van der Waals surface area (Å²) in [5, 5.41) is 0. The van der Waals surface area contributed by atoms with E-state index in [9.17, 15) is 0 Å². The Balaban J connectivity index is 0.00000162. The van der Waals surface area contributed by atoms with Crippen molar-refractivity contribution < 1.29 is 9.47 Å². The highest BCUT2D eigenvalue weighted by Crippen LogP contribution is 2.28. The summed E-state index contributed by atoms with van der Waals surface area (Å²) in [5.74, 6) is 0.720. The van der Waals surface area contributed by atoms with Crippen molar-refractivity contribution >= 4 is 39.4 Å². The number of hydrogen-bond acceptors (Lipinski definition) is 5. The first kappa shape index (κ1) is 14.9. The lowest BCUT2D eigenvalue weighted by Gasteiger charge is -2.09. The fraction of sp³-hybridized carbons (Fsp3) is 0.273. The molecule has 0 spiro atoms. The summed E-state index contributed by atoms with van der Waals surface area (Å²) in [6.45, 7) is 0.389. The molecule has 0 fully saturated rings. The van der Waals surface area contributed by atoms with Crippen LogP contribution in [0.4, 0.5) is 0 Å². The van der Waals surface area contributed by atoms with Crippen molar-refractivity contribution in [3.05, 3.63) is 22.2 Å². The Morgan fingerprint density at radius 2 is 1.78 bits per heavy atom. The van der Waals surface area contributed by atoms with Gasteiger partial charge in [-0.2, -0.15) is 0 Å². The maximum Gasteiger partial charge on any atom is 0.278 e. The Hall–Kier alpha value is -1.11. The molecular weight excluding hydrogens is 321 g/mol. The molecule has 1 aromatic carbocycles. The maximum absolute atomic E-state index is 5.69. The standard InChI is InChI=1S/C11H12BrN3O2.ClH/c1-16-10-11(17-2)15-9-6(5-13)3-7(12)4-8(9)14-10;/h3-4H,5,13H2,1-2H3;1H. The minimum atomic E-state index is 0. The van der Waals surface area contributed by atoms with Crippen LogP contribution in [0.5, 0.6) is 11.8 Å². The van der Waals surface area contributed by atoms with E-state index >= 15 is 0 Å². The third-order valence-electron chi connectivity index (χ3n) is 2.36. The first-order valence-corrected chi connectivity index (χ1v) is 5.77. The molecule has 0 aliphatic heterocycles. The van der Waals surface area contributed by atoms with E-state index in [0.29, 0.717) is 18.3 Å². The van der Waals surface area contributed by atoms with Crippen LogP contribution in [0.1, 0.15) is 5.56 Å². The van der Waals surface area contributed by atoms with E-state index in [4.69, 9.17) is 15.2 Å². The van der Waals surface area contributed by atoms with Crippen LogP contribution in [0.2, 0.25) is 0 Å². The summed E-state index contributed by atoms with van der Waals surface area (Å²) in [7, 11) is 3.06. The molecule has 0 amide bonds. The highest BCUT2D eigenvalue weighted by atomic mass is 79.9. The molecular formula is C11H13BrClN3O2. The number of nitrogens with zero attached hydrogens (tertiary/aromatic N) is 2. The zero-order valence-corrected chi connectivity index (χ0v) is 12.3. The van der Waals surface area contributed by atoms with Crippen LogP contribution < -0.4 is 15.2 Å². The molecule has 5 nitrogen and oxygen atoms in total. The van der Waals surface area contributed by atoms with Gasteiger partial charge in [0.05, 0.1) is 25.3 Å². The van der Waals surface area contributed by atoms with Crippen LogP contribution in [-0.2, 0) is 6.54 Å². The highest BCUT2D eigenvalue weighted by molar-refractivity contribution is 9.10. The second-order valence-electron chi connectivity index (χ2n) is 3.38. The monoisotopic (exact) mass is 333 g/mol.